The van der Waals surface area contributed by atoms with Crippen LogP contribution in [-0.2, 0) is 17.8 Å². The Morgan fingerprint density at radius 2 is 2.22 bits per heavy atom. The maximum atomic E-state index is 11.3. The lowest BCUT2D eigenvalue weighted by Gasteiger charge is -2.31. The molecule has 1 aliphatic heterocycles. The van der Waals surface area contributed by atoms with Gasteiger partial charge >= 0.3 is 5.97 Å². The molecule has 1 atom stereocenters. The van der Waals surface area contributed by atoms with Gasteiger partial charge in [0.25, 0.3) is 0 Å². The molecular formula is C17H21N3O3. The number of aromatic nitrogens is 2. The zero-order valence-electron chi connectivity index (χ0n) is 13.2. The highest BCUT2D eigenvalue weighted by Gasteiger charge is 2.29. The molecule has 1 aromatic carbocycles. The third-order valence-electron chi connectivity index (χ3n) is 4.36. The van der Waals surface area contributed by atoms with E-state index in [9.17, 15) is 9.90 Å². The average molecular weight is 315 g/mol. The normalized spacial score (nSPS) is 18.9. The first-order chi connectivity index (χ1) is 11.1. The Labute approximate surface area is 135 Å². The highest BCUT2D eigenvalue weighted by atomic mass is 16.5. The van der Waals surface area contributed by atoms with Gasteiger partial charge in [0.2, 0.25) is 5.89 Å². The van der Waals surface area contributed by atoms with Crippen LogP contribution in [0.5, 0.6) is 0 Å². The summed E-state index contributed by atoms with van der Waals surface area (Å²) in [4.78, 5) is 17.7. The first-order valence-corrected chi connectivity index (χ1v) is 7.96. The van der Waals surface area contributed by atoms with Gasteiger partial charge in [-0.2, -0.15) is 4.98 Å². The Kier molecular flexibility index (Phi) is 4.71. The first-order valence-electron chi connectivity index (χ1n) is 7.96. The van der Waals surface area contributed by atoms with Gasteiger partial charge in [0.15, 0.2) is 5.82 Å². The monoisotopic (exact) mass is 315 g/mol. The number of piperidine rings is 1. The molecule has 122 valence electrons. The average Bonchev–Trinajstić information content (AvgIpc) is 2.97. The van der Waals surface area contributed by atoms with E-state index < -0.39 is 12.0 Å². The van der Waals surface area contributed by atoms with E-state index in [4.69, 9.17) is 4.52 Å². The molecule has 0 bridgehead atoms. The van der Waals surface area contributed by atoms with Gasteiger partial charge in [-0.25, -0.2) is 0 Å². The van der Waals surface area contributed by atoms with Crippen LogP contribution in [0.2, 0.25) is 0 Å². The number of likely N-dealkylation sites (tertiary alicyclic amines) is 1. The molecule has 0 aliphatic carbocycles. The summed E-state index contributed by atoms with van der Waals surface area (Å²) >= 11 is 0. The highest BCUT2D eigenvalue weighted by molar-refractivity contribution is 5.73. The lowest BCUT2D eigenvalue weighted by Crippen LogP contribution is -2.44. The molecule has 1 aliphatic rings. The summed E-state index contributed by atoms with van der Waals surface area (Å²) in [6, 6.07) is 7.66. The van der Waals surface area contributed by atoms with Crippen molar-refractivity contribution in [1.82, 2.24) is 15.0 Å². The minimum Gasteiger partial charge on any atom is -0.480 e. The quantitative estimate of drug-likeness (QED) is 0.912. The Bertz CT molecular complexity index is 683. The number of hydrogen-bond acceptors (Lipinski definition) is 5. The SMILES string of the molecule is Cc1ccccc1Cc1noc(CN2CCCCC2C(=O)O)n1. The van der Waals surface area contributed by atoms with Crippen molar-refractivity contribution in [3.8, 4) is 0 Å². The van der Waals surface area contributed by atoms with Gasteiger partial charge in [0.1, 0.15) is 6.04 Å². The van der Waals surface area contributed by atoms with Gasteiger partial charge < -0.3 is 9.63 Å². The van der Waals surface area contributed by atoms with Gasteiger partial charge in [0.05, 0.1) is 6.54 Å². The summed E-state index contributed by atoms with van der Waals surface area (Å²) < 4.78 is 5.31. The number of rotatable bonds is 5. The molecule has 1 N–H and O–H groups in total. The molecule has 23 heavy (non-hydrogen) atoms. The van der Waals surface area contributed by atoms with Gasteiger partial charge in [-0.15, -0.1) is 0 Å². The van der Waals surface area contributed by atoms with Crippen LogP contribution in [0.4, 0.5) is 0 Å². The number of aliphatic carboxylic acids is 1. The van der Waals surface area contributed by atoms with Crippen LogP contribution in [0.25, 0.3) is 0 Å². The van der Waals surface area contributed by atoms with Crippen LogP contribution in [-0.4, -0.2) is 38.7 Å². The Hall–Kier alpha value is -2.21. The Morgan fingerprint density at radius 3 is 3.00 bits per heavy atom. The number of nitrogens with zero attached hydrogens (tertiary/aromatic N) is 3. The smallest absolute Gasteiger partial charge is 0.320 e. The van der Waals surface area contributed by atoms with Crippen molar-refractivity contribution in [2.24, 2.45) is 0 Å². The maximum absolute atomic E-state index is 11.3. The summed E-state index contributed by atoms with van der Waals surface area (Å²) in [6.07, 6.45) is 3.27. The van der Waals surface area contributed by atoms with E-state index in [0.717, 1.165) is 19.4 Å². The molecule has 6 nitrogen and oxygen atoms in total. The lowest BCUT2D eigenvalue weighted by atomic mass is 10.0. The van der Waals surface area contributed by atoms with E-state index >= 15 is 0 Å². The van der Waals surface area contributed by atoms with Gasteiger partial charge in [-0.1, -0.05) is 35.8 Å². The maximum Gasteiger partial charge on any atom is 0.320 e. The van der Waals surface area contributed by atoms with Crippen molar-refractivity contribution in [1.29, 1.82) is 0 Å². The molecule has 0 spiro atoms. The van der Waals surface area contributed by atoms with Crippen LogP contribution in [0, 0.1) is 6.92 Å². The van der Waals surface area contributed by atoms with E-state index in [1.807, 2.05) is 17.0 Å². The molecule has 0 amide bonds. The molecule has 1 saturated heterocycles. The van der Waals surface area contributed by atoms with E-state index in [-0.39, 0.29) is 0 Å². The molecule has 2 aromatic rings. The standard InChI is InChI=1S/C17H21N3O3/c1-12-6-2-3-7-13(12)10-15-18-16(23-19-15)11-20-9-5-4-8-14(20)17(21)22/h2-3,6-7,14H,4-5,8-11H2,1H3,(H,21,22). The Balaban J connectivity index is 1.67. The van der Waals surface area contributed by atoms with Crippen molar-refractivity contribution in [2.45, 2.75) is 45.2 Å². The van der Waals surface area contributed by atoms with E-state index in [1.54, 1.807) is 0 Å². The number of hydrogen-bond donors (Lipinski definition) is 1. The van der Waals surface area contributed by atoms with Gasteiger partial charge in [-0.05, 0) is 37.4 Å². The molecule has 3 rings (SSSR count). The third-order valence-corrected chi connectivity index (χ3v) is 4.36. The van der Waals surface area contributed by atoms with Crippen LogP contribution in [0.1, 0.15) is 42.1 Å². The number of carbonyl (C=O) groups is 1. The second-order valence-electron chi connectivity index (χ2n) is 6.03. The fourth-order valence-corrected chi connectivity index (χ4v) is 3.04. The number of carboxylic acids is 1. The fourth-order valence-electron chi connectivity index (χ4n) is 3.04. The summed E-state index contributed by atoms with van der Waals surface area (Å²) in [5.41, 5.74) is 2.36. The molecule has 1 fully saturated rings. The number of benzene rings is 1. The summed E-state index contributed by atoms with van der Waals surface area (Å²) in [6.45, 7) is 3.21. The summed E-state index contributed by atoms with van der Waals surface area (Å²) in [5.74, 6) is 0.351. The molecule has 0 saturated carbocycles. The van der Waals surface area contributed by atoms with E-state index in [2.05, 4.69) is 29.2 Å². The minimum atomic E-state index is -0.774. The van der Waals surface area contributed by atoms with E-state index in [1.165, 1.54) is 11.1 Å². The Morgan fingerprint density at radius 1 is 1.39 bits per heavy atom. The topological polar surface area (TPSA) is 79.5 Å². The minimum absolute atomic E-state index is 0.401. The largest absolute Gasteiger partial charge is 0.480 e. The predicted molar refractivity (Wildman–Crippen MR) is 84.0 cm³/mol. The molecule has 2 heterocycles. The fraction of sp³-hybridized carbons (Fsp3) is 0.471. The summed E-state index contributed by atoms with van der Waals surface area (Å²) in [5, 5.41) is 13.3. The lowest BCUT2D eigenvalue weighted by molar-refractivity contribution is -0.145. The second-order valence-corrected chi connectivity index (χ2v) is 6.03. The van der Waals surface area contributed by atoms with Crippen molar-refractivity contribution >= 4 is 5.97 Å². The van der Waals surface area contributed by atoms with Crippen LogP contribution >= 0.6 is 0 Å². The van der Waals surface area contributed by atoms with Crippen molar-refractivity contribution in [2.75, 3.05) is 6.54 Å². The highest BCUT2D eigenvalue weighted by Crippen LogP contribution is 2.20. The zero-order valence-corrected chi connectivity index (χ0v) is 13.2. The zero-order chi connectivity index (χ0) is 16.2. The number of aryl methyl sites for hydroxylation is 1. The molecule has 6 heteroatoms. The molecular weight excluding hydrogens is 294 g/mol. The van der Waals surface area contributed by atoms with Crippen molar-refractivity contribution < 1.29 is 14.4 Å². The van der Waals surface area contributed by atoms with Crippen molar-refractivity contribution in [3.63, 3.8) is 0 Å². The second kappa shape index (κ2) is 6.91. The van der Waals surface area contributed by atoms with Crippen LogP contribution in [0.3, 0.4) is 0 Å². The molecule has 1 aromatic heterocycles. The predicted octanol–water partition coefficient (Wildman–Crippen LogP) is 2.41. The van der Waals surface area contributed by atoms with Crippen molar-refractivity contribution in [3.05, 3.63) is 47.1 Å². The van der Waals surface area contributed by atoms with Gasteiger partial charge in [-0.3, -0.25) is 9.69 Å². The van der Waals surface area contributed by atoms with Gasteiger partial charge in [0, 0.05) is 6.42 Å². The van der Waals surface area contributed by atoms with Crippen LogP contribution in [0.15, 0.2) is 28.8 Å². The van der Waals surface area contributed by atoms with E-state index in [0.29, 0.717) is 31.1 Å². The summed E-state index contributed by atoms with van der Waals surface area (Å²) in [7, 11) is 0. The molecule has 0 radical (unpaired) electrons. The number of carboxylic acid groups (broad SMARTS) is 1. The van der Waals surface area contributed by atoms with Crippen LogP contribution < -0.4 is 0 Å². The molecule has 1 unspecified atom stereocenters. The first kappa shape index (κ1) is 15.7. The third kappa shape index (κ3) is 3.76.